The summed E-state index contributed by atoms with van der Waals surface area (Å²) in [5, 5.41) is 3.33. The molecule has 0 radical (unpaired) electrons. The number of hydrogen-bond donors (Lipinski definition) is 1. The van der Waals surface area contributed by atoms with Gasteiger partial charge in [0.1, 0.15) is 12.4 Å². The van der Waals surface area contributed by atoms with Gasteiger partial charge in [-0.25, -0.2) is 0 Å². The Balaban J connectivity index is 1.97. The van der Waals surface area contributed by atoms with Crippen LogP contribution in [-0.2, 0) is 13.2 Å². The van der Waals surface area contributed by atoms with Crippen LogP contribution >= 0.6 is 15.9 Å². The van der Waals surface area contributed by atoms with Crippen LogP contribution < -0.4 is 10.1 Å². The van der Waals surface area contributed by atoms with Crippen molar-refractivity contribution in [3.05, 3.63) is 63.6 Å². The molecule has 0 saturated carbocycles. The van der Waals surface area contributed by atoms with Gasteiger partial charge in [0.05, 0.1) is 0 Å². The highest BCUT2D eigenvalue weighted by Gasteiger charge is 2.00. The van der Waals surface area contributed by atoms with Crippen molar-refractivity contribution in [2.75, 3.05) is 6.54 Å². The highest BCUT2D eigenvalue weighted by molar-refractivity contribution is 9.10. The SMILES string of the molecule is CCNCc1cccc(COc2ccc(Br)c(C)c2)c1. The van der Waals surface area contributed by atoms with Crippen LogP contribution in [0.15, 0.2) is 46.9 Å². The Morgan fingerprint density at radius 1 is 1.10 bits per heavy atom. The zero-order chi connectivity index (χ0) is 14.4. The maximum atomic E-state index is 5.85. The van der Waals surface area contributed by atoms with Gasteiger partial charge in [0.2, 0.25) is 0 Å². The summed E-state index contributed by atoms with van der Waals surface area (Å²) in [4.78, 5) is 0. The molecule has 0 aliphatic heterocycles. The van der Waals surface area contributed by atoms with Gasteiger partial charge in [-0.2, -0.15) is 0 Å². The van der Waals surface area contributed by atoms with Crippen LogP contribution in [0.1, 0.15) is 23.6 Å². The number of nitrogens with one attached hydrogen (secondary N) is 1. The van der Waals surface area contributed by atoms with Crippen LogP contribution in [0.3, 0.4) is 0 Å². The topological polar surface area (TPSA) is 21.3 Å². The summed E-state index contributed by atoms with van der Waals surface area (Å²) in [6.07, 6.45) is 0. The number of hydrogen-bond acceptors (Lipinski definition) is 2. The molecule has 0 bridgehead atoms. The summed E-state index contributed by atoms with van der Waals surface area (Å²) in [5.41, 5.74) is 3.67. The highest BCUT2D eigenvalue weighted by atomic mass is 79.9. The second-order valence-corrected chi connectivity index (χ2v) is 5.65. The Kier molecular flexibility index (Phi) is 5.62. The lowest BCUT2D eigenvalue weighted by molar-refractivity contribution is 0.306. The van der Waals surface area contributed by atoms with E-state index in [9.17, 15) is 0 Å². The first-order valence-electron chi connectivity index (χ1n) is 6.86. The molecular formula is C17H20BrNO. The predicted molar refractivity (Wildman–Crippen MR) is 87.0 cm³/mol. The van der Waals surface area contributed by atoms with E-state index in [0.717, 1.165) is 23.3 Å². The minimum absolute atomic E-state index is 0.598. The van der Waals surface area contributed by atoms with Gasteiger partial charge in [0.15, 0.2) is 0 Å². The van der Waals surface area contributed by atoms with Crippen LogP contribution in [0, 0.1) is 6.92 Å². The van der Waals surface area contributed by atoms with Gasteiger partial charge in [-0.3, -0.25) is 0 Å². The fourth-order valence-corrected chi connectivity index (χ4v) is 2.22. The molecular weight excluding hydrogens is 314 g/mol. The molecule has 20 heavy (non-hydrogen) atoms. The quantitative estimate of drug-likeness (QED) is 0.843. The van der Waals surface area contributed by atoms with E-state index >= 15 is 0 Å². The largest absolute Gasteiger partial charge is 0.489 e. The number of ether oxygens (including phenoxy) is 1. The predicted octanol–water partition coefficient (Wildman–Crippen LogP) is 4.45. The van der Waals surface area contributed by atoms with Crippen molar-refractivity contribution in [1.29, 1.82) is 0 Å². The summed E-state index contributed by atoms with van der Waals surface area (Å²) in [7, 11) is 0. The van der Waals surface area contributed by atoms with E-state index in [-0.39, 0.29) is 0 Å². The second kappa shape index (κ2) is 7.46. The molecule has 3 heteroatoms. The molecule has 0 heterocycles. The Bertz CT molecular complexity index is 569. The van der Waals surface area contributed by atoms with Gasteiger partial charge in [-0.05, 0) is 48.4 Å². The first kappa shape index (κ1) is 15.1. The van der Waals surface area contributed by atoms with E-state index in [4.69, 9.17) is 4.74 Å². The minimum Gasteiger partial charge on any atom is -0.489 e. The third-order valence-corrected chi connectivity index (χ3v) is 4.00. The maximum absolute atomic E-state index is 5.85. The van der Waals surface area contributed by atoms with Crippen LogP contribution in [0.2, 0.25) is 0 Å². The van der Waals surface area contributed by atoms with Crippen molar-refractivity contribution in [2.45, 2.75) is 27.0 Å². The second-order valence-electron chi connectivity index (χ2n) is 4.80. The zero-order valence-corrected chi connectivity index (χ0v) is 13.5. The first-order chi connectivity index (χ1) is 9.69. The average molecular weight is 334 g/mol. The molecule has 0 atom stereocenters. The molecule has 0 unspecified atom stereocenters. The van der Waals surface area contributed by atoms with E-state index in [1.807, 2.05) is 18.2 Å². The number of benzene rings is 2. The van der Waals surface area contributed by atoms with Crippen molar-refractivity contribution in [3.63, 3.8) is 0 Å². The summed E-state index contributed by atoms with van der Waals surface area (Å²) in [5.74, 6) is 0.905. The lowest BCUT2D eigenvalue weighted by Gasteiger charge is -2.09. The van der Waals surface area contributed by atoms with E-state index in [1.54, 1.807) is 0 Å². The molecule has 0 aliphatic rings. The van der Waals surface area contributed by atoms with Gasteiger partial charge in [0, 0.05) is 11.0 Å². The van der Waals surface area contributed by atoms with E-state index in [2.05, 4.69) is 59.4 Å². The van der Waals surface area contributed by atoms with Gasteiger partial charge in [-0.1, -0.05) is 47.1 Å². The molecule has 0 aliphatic carbocycles. The molecule has 0 amide bonds. The monoisotopic (exact) mass is 333 g/mol. The van der Waals surface area contributed by atoms with Crippen LogP contribution in [0.4, 0.5) is 0 Å². The van der Waals surface area contributed by atoms with Crippen LogP contribution in [0.25, 0.3) is 0 Å². The van der Waals surface area contributed by atoms with Crippen molar-refractivity contribution in [2.24, 2.45) is 0 Å². The van der Waals surface area contributed by atoms with Gasteiger partial charge in [0.25, 0.3) is 0 Å². The Morgan fingerprint density at radius 2 is 1.90 bits per heavy atom. The number of aryl methyl sites for hydroxylation is 1. The molecule has 0 aromatic heterocycles. The number of halogens is 1. The molecule has 0 spiro atoms. The van der Waals surface area contributed by atoms with Gasteiger partial charge < -0.3 is 10.1 Å². The summed E-state index contributed by atoms with van der Waals surface area (Å²) < 4.78 is 6.95. The Morgan fingerprint density at radius 3 is 2.65 bits per heavy atom. The van der Waals surface area contributed by atoms with E-state index < -0.39 is 0 Å². The first-order valence-corrected chi connectivity index (χ1v) is 7.66. The van der Waals surface area contributed by atoms with Crippen molar-refractivity contribution in [1.82, 2.24) is 5.32 Å². The average Bonchev–Trinajstić information content (AvgIpc) is 2.47. The van der Waals surface area contributed by atoms with Crippen molar-refractivity contribution >= 4 is 15.9 Å². The highest BCUT2D eigenvalue weighted by Crippen LogP contribution is 2.22. The molecule has 2 aromatic carbocycles. The molecule has 2 rings (SSSR count). The lowest BCUT2D eigenvalue weighted by Crippen LogP contribution is -2.11. The fourth-order valence-electron chi connectivity index (χ4n) is 1.97. The van der Waals surface area contributed by atoms with Crippen molar-refractivity contribution in [3.8, 4) is 5.75 Å². The van der Waals surface area contributed by atoms with Crippen LogP contribution in [0.5, 0.6) is 5.75 Å². The molecule has 1 N–H and O–H groups in total. The van der Waals surface area contributed by atoms with E-state index in [0.29, 0.717) is 6.61 Å². The third kappa shape index (κ3) is 4.36. The number of rotatable bonds is 6. The zero-order valence-electron chi connectivity index (χ0n) is 11.9. The lowest BCUT2D eigenvalue weighted by atomic mass is 10.1. The molecule has 2 nitrogen and oxygen atoms in total. The van der Waals surface area contributed by atoms with Crippen molar-refractivity contribution < 1.29 is 4.74 Å². The molecule has 2 aromatic rings. The van der Waals surface area contributed by atoms with Gasteiger partial charge >= 0.3 is 0 Å². The molecule has 0 fully saturated rings. The Hall–Kier alpha value is -1.32. The Labute approximate surface area is 129 Å². The third-order valence-electron chi connectivity index (χ3n) is 3.11. The minimum atomic E-state index is 0.598. The normalized spacial score (nSPS) is 10.6. The van der Waals surface area contributed by atoms with Gasteiger partial charge in [-0.15, -0.1) is 0 Å². The summed E-state index contributed by atoms with van der Waals surface area (Å²) in [6.45, 7) is 6.67. The summed E-state index contributed by atoms with van der Waals surface area (Å²) in [6, 6.07) is 14.6. The smallest absolute Gasteiger partial charge is 0.120 e. The standard InChI is InChI=1S/C17H20BrNO/c1-3-19-11-14-5-4-6-15(10-14)12-20-16-7-8-17(18)13(2)9-16/h4-10,19H,3,11-12H2,1-2H3. The van der Waals surface area contributed by atoms with E-state index in [1.165, 1.54) is 16.7 Å². The summed E-state index contributed by atoms with van der Waals surface area (Å²) >= 11 is 3.50. The van der Waals surface area contributed by atoms with Crippen LogP contribution in [-0.4, -0.2) is 6.54 Å². The molecule has 106 valence electrons. The fraction of sp³-hybridized carbons (Fsp3) is 0.294. The maximum Gasteiger partial charge on any atom is 0.120 e. The molecule has 0 saturated heterocycles.